The average molecular weight is 320 g/mol. The van der Waals surface area contributed by atoms with Crippen LogP contribution >= 0.6 is 11.8 Å². The maximum absolute atomic E-state index is 12.2. The van der Waals surface area contributed by atoms with Gasteiger partial charge in [0.05, 0.1) is 13.2 Å². The van der Waals surface area contributed by atoms with Gasteiger partial charge in [-0.2, -0.15) is 13.2 Å². The number of hydrogen-bond donors (Lipinski definition) is 2. The molecule has 116 valence electrons. The summed E-state index contributed by atoms with van der Waals surface area (Å²) < 4.78 is 41.8. The Labute approximate surface area is 124 Å². The summed E-state index contributed by atoms with van der Waals surface area (Å²) in [4.78, 5) is 11.9. The van der Waals surface area contributed by atoms with E-state index >= 15 is 0 Å². The third-order valence-electron chi connectivity index (χ3n) is 2.80. The molecule has 1 atom stereocenters. The molecule has 1 aliphatic rings. The van der Waals surface area contributed by atoms with Gasteiger partial charge < -0.3 is 15.4 Å². The Hall–Kier alpha value is -1.25. The first kappa shape index (κ1) is 16.1. The summed E-state index contributed by atoms with van der Waals surface area (Å²) in [5.41, 5.74) is -3.83. The van der Waals surface area contributed by atoms with Crippen LogP contribution in [-0.4, -0.2) is 37.2 Å². The first-order valence-electron chi connectivity index (χ1n) is 6.39. The van der Waals surface area contributed by atoms with Gasteiger partial charge in [0.1, 0.15) is 0 Å². The Morgan fingerprint density at radius 3 is 2.67 bits per heavy atom. The van der Waals surface area contributed by atoms with Crippen molar-refractivity contribution in [2.75, 3.05) is 25.1 Å². The molecule has 1 aromatic carbocycles. The Kier molecular flexibility index (Phi) is 5.49. The summed E-state index contributed by atoms with van der Waals surface area (Å²) in [6.07, 6.45) is 0.263. The van der Waals surface area contributed by atoms with Crippen molar-refractivity contribution in [3.05, 3.63) is 24.3 Å². The monoisotopic (exact) mass is 320 g/mol. The van der Waals surface area contributed by atoms with E-state index in [0.717, 1.165) is 0 Å². The summed E-state index contributed by atoms with van der Waals surface area (Å²) in [6, 6.07) is 5.54. The number of thioether (sulfide) groups is 1. The summed E-state index contributed by atoms with van der Waals surface area (Å²) in [5, 5.41) is 5.81. The second-order valence-corrected chi connectivity index (χ2v) is 5.69. The molecule has 0 radical (unpaired) electrons. The number of halogens is 3. The lowest BCUT2D eigenvalue weighted by Crippen LogP contribution is -2.43. The number of alkyl halides is 3. The van der Waals surface area contributed by atoms with E-state index < -0.39 is 5.51 Å². The SMILES string of the molecule is O=C(CC1COCCN1)Nc1ccc(SC(F)(F)F)cc1. The molecule has 1 heterocycles. The Balaban J connectivity index is 1.83. The van der Waals surface area contributed by atoms with Gasteiger partial charge in [0.25, 0.3) is 0 Å². The van der Waals surface area contributed by atoms with Crippen LogP contribution in [0.5, 0.6) is 0 Å². The topological polar surface area (TPSA) is 50.4 Å². The maximum atomic E-state index is 12.2. The zero-order chi connectivity index (χ0) is 15.3. The molecule has 1 aromatic rings. The van der Waals surface area contributed by atoms with Crippen molar-refractivity contribution in [2.45, 2.75) is 22.9 Å². The van der Waals surface area contributed by atoms with Crippen LogP contribution in [0.4, 0.5) is 18.9 Å². The van der Waals surface area contributed by atoms with Crippen LogP contribution in [0.15, 0.2) is 29.2 Å². The Bertz CT molecular complexity index is 473. The van der Waals surface area contributed by atoms with Gasteiger partial charge >= 0.3 is 5.51 Å². The Morgan fingerprint density at radius 1 is 1.38 bits per heavy atom. The van der Waals surface area contributed by atoms with Crippen LogP contribution in [0.25, 0.3) is 0 Å². The normalized spacial score (nSPS) is 19.3. The fourth-order valence-corrected chi connectivity index (χ4v) is 2.47. The summed E-state index contributed by atoms with van der Waals surface area (Å²) in [6.45, 7) is 1.83. The van der Waals surface area contributed by atoms with Crippen molar-refractivity contribution in [1.82, 2.24) is 5.32 Å². The minimum Gasteiger partial charge on any atom is -0.378 e. The number of amides is 1. The zero-order valence-electron chi connectivity index (χ0n) is 11.1. The number of carbonyl (C=O) groups is 1. The first-order valence-corrected chi connectivity index (χ1v) is 7.21. The van der Waals surface area contributed by atoms with E-state index in [-0.39, 0.29) is 35.0 Å². The molecule has 0 aromatic heterocycles. The van der Waals surface area contributed by atoms with Gasteiger partial charge in [0, 0.05) is 29.6 Å². The lowest BCUT2D eigenvalue weighted by molar-refractivity contribution is -0.117. The van der Waals surface area contributed by atoms with E-state index in [1.165, 1.54) is 24.3 Å². The molecule has 1 saturated heterocycles. The molecule has 21 heavy (non-hydrogen) atoms. The summed E-state index contributed by atoms with van der Waals surface area (Å²) in [7, 11) is 0. The van der Waals surface area contributed by atoms with Crippen molar-refractivity contribution >= 4 is 23.4 Å². The van der Waals surface area contributed by atoms with Crippen molar-refractivity contribution in [2.24, 2.45) is 0 Å². The number of carbonyl (C=O) groups excluding carboxylic acids is 1. The molecule has 1 aliphatic heterocycles. The second-order valence-electron chi connectivity index (χ2n) is 4.55. The van der Waals surface area contributed by atoms with E-state index in [0.29, 0.717) is 25.4 Å². The number of rotatable bonds is 4. The predicted molar refractivity (Wildman–Crippen MR) is 74.2 cm³/mol. The van der Waals surface area contributed by atoms with Crippen LogP contribution in [0.2, 0.25) is 0 Å². The highest BCUT2D eigenvalue weighted by Gasteiger charge is 2.29. The summed E-state index contributed by atoms with van der Waals surface area (Å²) in [5.74, 6) is -0.200. The molecule has 8 heteroatoms. The molecular formula is C13H15F3N2O2S. The highest BCUT2D eigenvalue weighted by molar-refractivity contribution is 8.00. The van der Waals surface area contributed by atoms with Gasteiger partial charge in [-0.3, -0.25) is 4.79 Å². The third kappa shape index (κ3) is 5.94. The van der Waals surface area contributed by atoms with E-state index in [9.17, 15) is 18.0 Å². The molecule has 1 unspecified atom stereocenters. The van der Waals surface area contributed by atoms with Crippen LogP contribution in [0.3, 0.4) is 0 Å². The number of benzene rings is 1. The van der Waals surface area contributed by atoms with Gasteiger partial charge in [-0.15, -0.1) is 0 Å². The van der Waals surface area contributed by atoms with Gasteiger partial charge in [-0.1, -0.05) is 0 Å². The maximum Gasteiger partial charge on any atom is 0.446 e. The van der Waals surface area contributed by atoms with E-state index in [1.54, 1.807) is 0 Å². The Morgan fingerprint density at radius 2 is 2.10 bits per heavy atom. The lowest BCUT2D eigenvalue weighted by atomic mass is 10.2. The highest BCUT2D eigenvalue weighted by atomic mass is 32.2. The molecule has 0 aliphatic carbocycles. The van der Waals surface area contributed by atoms with Crippen molar-refractivity contribution in [3.63, 3.8) is 0 Å². The molecule has 0 bridgehead atoms. The smallest absolute Gasteiger partial charge is 0.378 e. The van der Waals surface area contributed by atoms with Crippen molar-refractivity contribution < 1.29 is 22.7 Å². The predicted octanol–water partition coefficient (Wildman–Crippen LogP) is 2.62. The van der Waals surface area contributed by atoms with Crippen molar-refractivity contribution in [1.29, 1.82) is 0 Å². The zero-order valence-corrected chi connectivity index (χ0v) is 11.9. The number of anilines is 1. The van der Waals surface area contributed by atoms with Gasteiger partial charge in [0.15, 0.2) is 0 Å². The van der Waals surface area contributed by atoms with Crippen LogP contribution < -0.4 is 10.6 Å². The molecular weight excluding hydrogens is 305 g/mol. The lowest BCUT2D eigenvalue weighted by Gasteiger charge is -2.23. The van der Waals surface area contributed by atoms with E-state index in [2.05, 4.69) is 10.6 Å². The molecule has 1 fully saturated rings. The van der Waals surface area contributed by atoms with Gasteiger partial charge in [-0.25, -0.2) is 0 Å². The molecule has 4 nitrogen and oxygen atoms in total. The minimum absolute atomic E-state index is 0.0289. The highest BCUT2D eigenvalue weighted by Crippen LogP contribution is 2.37. The molecule has 2 N–H and O–H groups in total. The average Bonchev–Trinajstić information content (AvgIpc) is 2.40. The number of ether oxygens (including phenoxy) is 1. The summed E-state index contributed by atoms with van der Waals surface area (Å²) >= 11 is -0.182. The van der Waals surface area contributed by atoms with Gasteiger partial charge in [-0.05, 0) is 36.0 Å². The fraction of sp³-hybridized carbons (Fsp3) is 0.462. The minimum atomic E-state index is -4.31. The molecule has 2 rings (SSSR count). The van der Waals surface area contributed by atoms with Gasteiger partial charge in [0.2, 0.25) is 5.91 Å². The quantitative estimate of drug-likeness (QED) is 0.838. The van der Waals surface area contributed by atoms with Crippen molar-refractivity contribution in [3.8, 4) is 0 Å². The molecule has 1 amide bonds. The number of morpholine rings is 1. The third-order valence-corrected chi connectivity index (χ3v) is 3.54. The van der Waals surface area contributed by atoms with Crippen LogP contribution in [0, 0.1) is 0 Å². The number of hydrogen-bond acceptors (Lipinski definition) is 4. The second kappa shape index (κ2) is 7.15. The standard InChI is InChI=1S/C13H15F3N2O2S/c14-13(15,16)21-11-3-1-9(2-4-11)18-12(19)7-10-8-20-6-5-17-10/h1-4,10,17H,5-8H2,(H,18,19). The van der Waals surface area contributed by atoms with E-state index in [4.69, 9.17) is 4.74 Å². The van der Waals surface area contributed by atoms with Crippen LogP contribution in [-0.2, 0) is 9.53 Å². The molecule has 0 spiro atoms. The van der Waals surface area contributed by atoms with Crippen LogP contribution in [0.1, 0.15) is 6.42 Å². The molecule has 0 saturated carbocycles. The number of nitrogens with one attached hydrogen (secondary N) is 2. The van der Waals surface area contributed by atoms with E-state index in [1.807, 2.05) is 0 Å². The first-order chi connectivity index (χ1) is 9.92. The fourth-order valence-electron chi connectivity index (χ4n) is 1.93. The largest absolute Gasteiger partial charge is 0.446 e.